The number of anilines is 1. The molecule has 2 heterocycles. The van der Waals surface area contributed by atoms with E-state index in [9.17, 15) is 0 Å². The standard InChI is InChI=1S/C15H28N4S/c1-5-13-11-18(4)7-6-8-19(13)15-17-10-14(20-15)9-16-12(2)3/h10,12-13,16H,5-9,11H2,1-4H3. The van der Waals surface area contributed by atoms with Crippen LogP contribution in [-0.4, -0.2) is 48.6 Å². The first kappa shape index (κ1) is 15.7. The van der Waals surface area contributed by atoms with Crippen molar-refractivity contribution in [3.8, 4) is 0 Å². The Balaban J connectivity index is 2.04. The van der Waals surface area contributed by atoms with Crippen molar-refractivity contribution in [2.45, 2.75) is 52.2 Å². The van der Waals surface area contributed by atoms with E-state index in [-0.39, 0.29) is 0 Å². The quantitative estimate of drug-likeness (QED) is 0.905. The Labute approximate surface area is 127 Å². The first-order chi connectivity index (χ1) is 9.60. The lowest BCUT2D eigenvalue weighted by Gasteiger charge is -2.29. The van der Waals surface area contributed by atoms with Gasteiger partial charge >= 0.3 is 0 Å². The third-order valence-corrected chi connectivity index (χ3v) is 4.88. The van der Waals surface area contributed by atoms with Crippen LogP contribution in [0.4, 0.5) is 5.13 Å². The fraction of sp³-hybridized carbons (Fsp3) is 0.800. The van der Waals surface area contributed by atoms with Crippen LogP contribution in [0.5, 0.6) is 0 Å². The number of hydrogen-bond donors (Lipinski definition) is 1. The molecule has 0 amide bonds. The smallest absolute Gasteiger partial charge is 0.185 e. The number of hydrogen-bond acceptors (Lipinski definition) is 5. The number of nitrogens with one attached hydrogen (secondary N) is 1. The van der Waals surface area contributed by atoms with Crippen molar-refractivity contribution in [1.29, 1.82) is 0 Å². The Morgan fingerprint density at radius 1 is 1.45 bits per heavy atom. The van der Waals surface area contributed by atoms with Crippen molar-refractivity contribution < 1.29 is 0 Å². The highest BCUT2D eigenvalue weighted by molar-refractivity contribution is 7.15. The van der Waals surface area contributed by atoms with Crippen molar-refractivity contribution in [3.63, 3.8) is 0 Å². The summed E-state index contributed by atoms with van der Waals surface area (Å²) >= 11 is 1.84. The van der Waals surface area contributed by atoms with E-state index in [0.29, 0.717) is 12.1 Å². The zero-order valence-corrected chi connectivity index (χ0v) is 14.0. The molecule has 0 aliphatic carbocycles. The maximum atomic E-state index is 4.67. The van der Waals surface area contributed by atoms with Gasteiger partial charge in [0.1, 0.15) is 0 Å². The minimum atomic E-state index is 0.524. The summed E-state index contributed by atoms with van der Waals surface area (Å²) in [5, 5.41) is 4.67. The molecular weight excluding hydrogens is 268 g/mol. The second-order valence-corrected chi connectivity index (χ2v) is 7.11. The molecule has 1 saturated heterocycles. The van der Waals surface area contributed by atoms with Crippen molar-refractivity contribution in [1.82, 2.24) is 15.2 Å². The van der Waals surface area contributed by atoms with Gasteiger partial charge in [0, 0.05) is 42.8 Å². The number of rotatable bonds is 5. The van der Waals surface area contributed by atoms with E-state index in [0.717, 1.165) is 19.6 Å². The van der Waals surface area contributed by atoms with Crippen molar-refractivity contribution in [3.05, 3.63) is 11.1 Å². The second kappa shape index (κ2) is 7.38. The van der Waals surface area contributed by atoms with Crippen LogP contribution in [0.25, 0.3) is 0 Å². The molecule has 4 nitrogen and oxygen atoms in total. The lowest BCUT2D eigenvalue weighted by molar-refractivity contribution is 0.328. The molecule has 0 radical (unpaired) electrons. The summed E-state index contributed by atoms with van der Waals surface area (Å²) in [4.78, 5) is 11.0. The first-order valence-corrected chi connectivity index (χ1v) is 8.55. The minimum Gasteiger partial charge on any atom is -0.344 e. The fourth-order valence-corrected chi connectivity index (χ4v) is 3.62. The SMILES string of the molecule is CCC1CN(C)CCCN1c1ncc(CNC(C)C)s1. The van der Waals surface area contributed by atoms with Gasteiger partial charge in [-0.3, -0.25) is 0 Å². The van der Waals surface area contributed by atoms with Gasteiger partial charge in [-0.15, -0.1) is 11.3 Å². The average Bonchev–Trinajstić information content (AvgIpc) is 2.79. The zero-order valence-electron chi connectivity index (χ0n) is 13.2. The summed E-state index contributed by atoms with van der Waals surface area (Å²) in [6, 6.07) is 1.12. The molecule has 2 rings (SSSR count). The molecular formula is C15H28N4S. The molecule has 20 heavy (non-hydrogen) atoms. The lowest BCUT2D eigenvalue weighted by atomic mass is 10.2. The molecule has 1 aromatic heterocycles. The van der Waals surface area contributed by atoms with E-state index < -0.39 is 0 Å². The number of thiazole rings is 1. The van der Waals surface area contributed by atoms with Crippen LogP contribution in [0.2, 0.25) is 0 Å². The summed E-state index contributed by atoms with van der Waals surface area (Å²) in [6.07, 6.45) is 4.45. The zero-order chi connectivity index (χ0) is 14.5. The largest absolute Gasteiger partial charge is 0.344 e. The molecule has 114 valence electrons. The summed E-state index contributed by atoms with van der Waals surface area (Å²) in [7, 11) is 2.23. The third-order valence-electron chi connectivity index (χ3n) is 3.84. The Kier molecular flexibility index (Phi) is 5.81. The number of likely N-dealkylation sites (N-methyl/N-ethyl adjacent to an activating group) is 1. The van der Waals surface area contributed by atoms with Gasteiger partial charge < -0.3 is 15.1 Å². The Morgan fingerprint density at radius 2 is 2.25 bits per heavy atom. The van der Waals surface area contributed by atoms with Gasteiger partial charge in [-0.25, -0.2) is 4.98 Å². The van der Waals surface area contributed by atoms with E-state index in [1.807, 2.05) is 17.5 Å². The molecule has 1 aliphatic rings. The van der Waals surface area contributed by atoms with Crippen LogP contribution in [0, 0.1) is 0 Å². The highest BCUT2D eigenvalue weighted by Crippen LogP contribution is 2.27. The van der Waals surface area contributed by atoms with E-state index in [1.165, 1.54) is 29.4 Å². The maximum Gasteiger partial charge on any atom is 0.185 e. The van der Waals surface area contributed by atoms with E-state index in [1.54, 1.807) is 0 Å². The van der Waals surface area contributed by atoms with Gasteiger partial charge in [0.05, 0.1) is 0 Å². The third kappa shape index (κ3) is 4.17. The van der Waals surface area contributed by atoms with Crippen LogP contribution in [0.1, 0.15) is 38.5 Å². The van der Waals surface area contributed by atoms with Crippen LogP contribution < -0.4 is 10.2 Å². The van der Waals surface area contributed by atoms with E-state index in [2.05, 4.69) is 47.9 Å². The Hall–Kier alpha value is -0.650. The first-order valence-electron chi connectivity index (χ1n) is 7.73. The Bertz CT molecular complexity index is 404. The topological polar surface area (TPSA) is 31.4 Å². The van der Waals surface area contributed by atoms with Crippen molar-refractivity contribution >= 4 is 16.5 Å². The summed E-state index contributed by atoms with van der Waals surface area (Å²) < 4.78 is 0. The molecule has 0 spiro atoms. The van der Waals surface area contributed by atoms with Crippen LogP contribution in [0.15, 0.2) is 6.20 Å². The molecule has 5 heteroatoms. The van der Waals surface area contributed by atoms with Crippen LogP contribution in [-0.2, 0) is 6.54 Å². The van der Waals surface area contributed by atoms with E-state index >= 15 is 0 Å². The summed E-state index contributed by atoms with van der Waals surface area (Å²) in [5.41, 5.74) is 0. The van der Waals surface area contributed by atoms with Gasteiger partial charge in [-0.2, -0.15) is 0 Å². The lowest BCUT2D eigenvalue weighted by Crippen LogP contribution is -2.39. The highest BCUT2D eigenvalue weighted by Gasteiger charge is 2.24. The molecule has 1 unspecified atom stereocenters. The molecule has 1 atom stereocenters. The fourth-order valence-electron chi connectivity index (χ4n) is 2.66. The highest BCUT2D eigenvalue weighted by atomic mass is 32.1. The maximum absolute atomic E-state index is 4.67. The number of nitrogens with zero attached hydrogens (tertiary/aromatic N) is 3. The predicted molar refractivity (Wildman–Crippen MR) is 87.6 cm³/mol. The normalized spacial score (nSPS) is 21.4. The monoisotopic (exact) mass is 296 g/mol. The van der Waals surface area contributed by atoms with Gasteiger partial charge in [0.15, 0.2) is 5.13 Å². The van der Waals surface area contributed by atoms with Crippen molar-refractivity contribution in [2.75, 3.05) is 31.6 Å². The Morgan fingerprint density at radius 3 is 2.95 bits per heavy atom. The molecule has 0 bridgehead atoms. The van der Waals surface area contributed by atoms with Gasteiger partial charge in [0.25, 0.3) is 0 Å². The van der Waals surface area contributed by atoms with Gasteiger partial charge in [-0.1, -0.05) is 20.8 Å². The molecule has 0 saturated carbocycles. The molecule has 0 aromatic carbocycles. The summed E-state index contributed by atoms with van der Waals surface area (Å²) in [6.45, 7) is 11.0. The molecule has 1 fully saturated rings. The second-order valence-electron chi connectivity index (χ2n) is 6.02. The van der Waals surface area contributed by atoms with E-state index in [4.69, 9.17) is 0 Å². The summed E-state index contributed by atoms with van der Waals surface area (Å²) in [5.74, 6) is 0. The minimum absolute atomic E-state index is 0.524. The predicted octanol–water partition coefficient (Wildman–Crippen LogP) is 2.56. The van der Waals surface area contributed by atoms with Crippen LogP contribution in [0.3, 0.4) is 0 Å². The van der Waals surface area contributed by atoms with Crippen molar-refractivity contribution in [2.24, 2.45) is 0 Å². The van der Waals surface area contributed by atoms with Gasteiger partial charge in [-0.05, 0) is 26.4 Å². The molecule has 1 aromatic rings. The molecule has 1 N–H and O–H groups in total. The number of aromatic nitrogens is 1. The van der Waals surface area contributed by atoms with Crippen LogP contribution >= 0.6 is 11.3 Å². The van der Waals surface area contributed by atoms with Gasteiger partial charge in [0.2, 0.25) is 0 Å². The molecule has 1 aliphatic heterocycles. The average molecular weight is 296 g/mol.